The Bertz CT molecular complexity index is 614. The third-order valence-corrected chi connectivity index (χ3v) is 3.88. The molecule has 0 bridgehead atoms. The Morgan fingerprint density at radius 2 is 2.05 bits per heavy atom. The summed E-state index contributed by atoms with van der Waals surface area (Å²) in [5.41, 5.74) is 1.56. The van der Waals surface area contributed by atoms with Crippen LogP contribution in [0.2, 0.25) is 0 Å². The van der Waals surface area contributed by atoms with E-state index in [2.05, 4.69) is 31.1 Å². The molecule has 0 aliphatic carbocycles. The van der Waals surface area contributed by atoms with E-state index in [1.807, 2.05) is 18.2 Å². The van der Waals surface area contributed by atoms with Crippen LogP contribution in [0.5, 0.6) is 0 Å². The predicted octanol–water partition coefficient (Wildman–Crippen LogP) is 2.36. The van der Waals surface area contributed by atoms with Crippen molar-refractivity contribution in [3.8, 4) is 0 Å². The van der Waals surface area contributed by atoms with Gasteiger partial charge < -0.3 is 5.32 Å². The summed E-state index contributed by atoms with van der Waals surface area (Å²) < 4.78 is 1.56. The Morgan fingerprint density at radius 3 is 2.74 bits per heavy atom. The van der Waals surface area contributed by atoms with E-state index in [1.54, 1.807) is 16.7 Å². The molecule has 4 nitrogen and oxygen atoms in total. The van der Waals surface area contributed by atoms with Gasteiger partial charge in [0.2, 0.25) is 0 Å². The summed E-state index contributed by atoms with van der Waals surface area (Å²) in [5.74, 6) is 0. The van der Waals surface area contributed by atoms with E-state index in [4.69, 9.17) is 0 Å². The van der Waals surface area contributed by atoms with Crippen molar-refractivity contribution in [3.63, 3.8) is 0 Å². The smallest absolute Gasteiger partial charge is 0.258 e. The second kappa shape index (κ2) is 5.53. The monoisotopic (exact) mass is 259 g/mol. The number of nitrogens with zero attached hydrogens (tertiary/aromatic N) is 2. The standard InChI is InChI=1S/C15H21N3O/c1-4-15(3,5-2)16-11-12-10-14(19)18-9-7-6-8-13(18)17-12/h6-10,16H,4-5,11H2,1-3H3. The molecule has 102 valence electrons. The molecule has 0 aliphatic heterocycles. The van der Waals surface area contributed by atoms with Crippen molar-refractivity contribution in [2.45, 2.75) is 45.7 Å². The van der Waals surface area contributed by atoms with Crippen LogP contribution in [0.1, 0.15) is 39.3 Å². The lowest BCUT2D eigenvalue weighted by atomic mass is 9.95. The zero-order valence-electron chi connectivity index (χ0n) is 11.8. The molecule has 0 atom stereocenters. The van der Waals surface area contributed by atoms with Crippen LogP contribution in [-0.4, -0.2) is 14.9 Å². The van der Waals surface area contributed by atoms with Gasteiger partial charge in [0.15, 0.2) is 0 Å². The molecule has 0 aliphatic rings. The Morgan fingerprint density at radius 1 is 1.32 bits per heavy atom. The van der Waals surface area contributed by atoms with Gasteiger partial charge >= 0.3 is 0 Å². The Hall–Kier alpha value is -1.68. The molecule has 0 radical (unpaired) electrons. The average molecular weight is 259 g/mol. The zero-order chi connectivity index (χ0) is 13.9. The minimum absolute atomic E-state index is 0.0305. The number of nitrogens with one attached hydrogen (secondary N) is 1. The molecule has 0 saturated heterocycles. The molecule has 0 saturated carbocycles. The molecule has 0 spiro atoms. The van der Waals surface area contributed by atoms with Crippen molar-refractivity contribution >= 4 is 5.65 Å². The van der Waals surface area contributed by atoms with Crippen LogP contribution in [0.15, 0.2) is 35.3 Å². The van der Waals surface area contributed by atoms with E-state index in [9.17, 15) is 4.79 Å². The number of hydrogen-bond acceptors (Lipinski definition) is 3. The van der Waals surface area contributed by atoms with Crippen LogP contribution in [0.3, 0.4) is 0 Å². The minimum Gasteiger partial charge on any atom is -0.306 e. The van der Waals surface area contributed by atoms with Crippen molar-refractivity contribution < 1.29 is 0 Å². The summed E-state index contributed by atoms with van der Waals surface area (Å²) in [6.07, 6.45) is 3.84. The third-order valence-electron chi connectivity index (χ3n) is 3.88. The quantitative estimate of drug-likeness (QED) is 0.896. The Labute approximate surface area is 113 Å². The lowest BCUT2D eigenvalue weighted by Crippen LogP contribution is -2.40. The maximum atomic E-state index is 12.0. The van der Waals surface area contributed by atoms with E-state index in [-0.39, 0.29) is 11.1 Å². The molecule has 2 rings (SSSR count). The fourth-order valence-electron chi connectivity index (χ4n) is 2.00. The Kier molecular flexibility index (Phi) is 4.00. The minimum atomic E-state index is -0.0305. The first-order valence-electron chi connectivity index (χ1n) is 6.80. The Balaban J connectivity index is 2.25. The van der Waals surface area contributed by atoms with Gasteiger partial charge in [-0.25, -0.2) is 4.98 Å². The predicted molar refractivity (Wildman–Crippen MR) is 77.3 cm³/mol. The molecule has 0 amide bonds. The second-order valence-electron chi connectivity index (χ2n) is 5.14. The lowest BCUT2D eigenvalue weighted by Gasteiger charge is -2.28. The molecule has 2 heterocycles. The summed E-state index contributed by atoms with van der Waals surface area (Å²) in [4.78, 5) is 16.5. The SMILES string of the molecule is CCC(C)(CC)NCc1cc(=O)n2ccccc2n1. The fraction of sp³-hybridized carbons (Fsp3) is 0.467. The van der Waals surface area contributed by atoms with Gasteiger partial charge in [0.05, 0.1) is 5.69 Å². The first-order chi connectivity index (χ1) is 9.08. The van der Waals surface area contributed by atoms with Crippen molar-refractivity contribution in [2.24, 2.45) is 0 Å². The third kappa shape index (κ3) is 3.01. The highest BCUT2D eigenvalue weighted by atomic mass is 16.1. The van der Waals surface area contributed by atoms with Crippen molar-refractivity contribution in [1.82, 2.24) is 14.7 Å². The van der Waals surface area contributed by atoms with Crippen LogP contribution in [-0.2, 0) is 6.54 Å². The number of hydrogen-bond donors (Lipinski definition) is 1. The van der Waals surface area contributed by atoms with Crippen LogP contribution in [0.4, 0.5) is 0 Å². The molecular weight excluding hydrogens is 238 g/mol. The highest BCUT2D eigenvalue weighted by molar-refractivity contribution is 5.37. The van der Waals surface area contributed by atoms with Crippen molar-refractivity contribution in [2.75, 3.05) is 0 Å². The van der Waals surface area contributed by atoms with Crippen LogP contribution in [0, 0.1) is 0 Å². The molecule has 2 aromatic heterocycles. The normalized spacial score (nSPS) is 11.9. The number of pyridine rings is 1. The van der Waals surface area contributed by atoms with Gasteiger partial charge in [-0.2, -0.15) is 0 Å². The summed E-state index contributed by atoms with van der Waals surface area (Å²) in [7, 11) is 0. The van der Waals surface area contributed by atoms with Gasteiger partial charge in [0.1, 0.15) is 5.65 Å². The van der Waals surface area contributed by atoms with Gasteiger partial charge in [0, 0.05) is 24.3 Å². The highest BCUT2D eigenvalue weighted by Gasteiger charge is 2.18. The first-order valence-corrected chi connectivity index (χ1v) is 6.80. The van der Waals surface area contributed by atoms with E-state index < -0.39 is 0 Å². The summed E-state index contributed by atoms with van der Waals surface area (Å²) in [6.45, 7) is 7.15. The van der Waals surface area contributed by atoms with E-state index in [1.165, 1.54) is 0 Å². The maximum absolute atomic E-state index is 12.0. The molecule has 19 heavy (non-hydrogen) atoms. The van der Waals surface area contributed by atoms with Gasteiger partial charge in [-0.15, -0.1) is 0 Å². The van der Waals surface area contributed by atoms with E-state index in [0.717, 1.165) is 18.5 Å². The van der Waals surface area contributed by atoms with Crippen LogP contribution >= 0.6 is 0 Å². The lowest BCUT2D eigenvalue weighted by molar-refractivity contribution is 0.327. The van der Waals surface area contributed by atoms with Crippen molar-refractivity contribution in [1.29, 1.82) is 0 Å². The van der Waals surface area contributed by atoms with Gasteiger partial charge in [-0.1, -0.05) is 19.9 Å². The number of fused-ring (bicyclic) bond motifs is 1. The summed E-state index contributed by atoms with van der Waals surface area (Å²) in [5, 5.41) is 3.49. The second-order valence-corrected chi connectivity index (χ2v) is 5.14. The van der Waals surface area contributed by atoms with Gasteiger partial charge in [-0.3, -0.25) is 9.20 Å². The van der Waals surface area contributed by atoms with Crippen LogP contribution in [0.25, 0.3) is 5.65 Å². The molecule has 0 unspecified atom stereocenters. The van der Waals surface area contributed by atoms with E-state index in [0.29, 0.717) is 12.2 Å². The molecule has 4 heteroatoms. The maximum Gasteiger partial charge on any atom is 0.258 e. The summed E-state index contributed by atoms with van der Waals surface area (Å²) >= 11 is 0. The highest BCUT2D eigenvalue weighted by Crippen LogP contribution is 2.14. The van der Waals surface area contributed by atoms with E-state index >= 15 is 0 Å². The average Bonchev–Trinajstić information content (AvgIpc) is 2.45. The molecule has 0 aromatic carbocycles. The van der Waals surface area contributed by atoms with Gasteiger partial charge in [-0.05, 0) is 31.9 Å². The van der Waals surface area contributed by atoms with Crippen LogP contribution < -0.4 is 10.9 Å². The van der Waals surface area contributed by atoms with Gasteiger partial charge in [0.25, 0.3) is 5.56 Å². The largest absolute Gasteiger partial charge is 0.306 e. The number of rotatable bonds is 5. The van der Waals surface area contributed by atoms with Crippen molar-refractivity contribution in [3.05, 3.63) is 46.5 Å². The first kappa shape index (κ1) is 13.7. The number of aromatic nitrogens is 2. The fourth-order valence-corrected chi connectivity index (χ4v) is 2.00. The topological polar surface area (TPSA) is 46.4 Å². The molecule has 1 N–H and O–H groups in total. The summed E-state index contributed by atoms with van der Waals surface area (Å²) in [6, 6.07) is 7.18. The molecular formula is C15H21N3O. The molecule has 2 aromatic rings. The molecule has 0 fully saturated rings. The zero-order valence-corrected chi connectivity index (χ0v) is 11.8.